The Morgan fingerprint density at radius 3 is 2.13 bits per heavy atom. The molecule has 1 N–H and O–H groups in total. The van der Waals surface area contributed by atoms with Crippen molar-refractivity contribution in [2.24, 2.45) is 5.41 Å². The first-order valence-corrected chi connectivity index (χ1v) is 19.1. The van der Waals surface area contributed by atoms with Gasteiger partial charge in [0.05, 0.1) is 36.6 Å². The van der Waals surface area contributed by atoms with E-state index in [0.717, 1.165) is 11.1 Å². The zero-order valence-corrected chi connectivity index (χ0v) is 31.9. The molecule has 4 aromatic rings. The van der Waals surface area contributed by atoms with Gasteiger partial charge in [0, 0.05) is 13.3 Å². The van der Waals surface area contributed by atoms with E-state index in [2.05, 4.69) is 5.32 Å². The van der Waals surface area contributed by atoms with Gasteiger partial charge in [0.15, 0.2) is 5.60 Å². The van der Waals surface area contributed by atoms with Gasteiger partial charge in [-0.3, -0.25) is 4.79 Å². The number of nitrogens with zero attached hydrogens (tertiary/aromatic N) is 1. The van der Waals surface area contributed by atoms with Crippen LogP contribution in [0.3, 0.4) is 0 Å². The van der Waals surface area contributed by atoms with Crippen LogP contribution in [0.4, 0.5) is 9.18 Å². The third kappa shape index (κ3) is 11.1. The first kappa shape index (κ1) is 40.9. The summed E-state index contributed by atoms with van der Waals surface area (Å²) in [5.74, 6) is -1.45. The fraction of sp³-hybridized carbons (Fsp3) is 0.341. The number of hydrogen-bond donors (Lipinski definition) is 1. The third-order valence-electron chi connectivity index (χ3n) is 8.58. The molecule has 5 rings (SSSR count). The number of benzene rings is 4. The molecule has 1 aliphatic heterocycles. The molecule has 14 heteroatoms. The molecule has 292 valence electrons. The third-order valence-corrected chi connectivity index (χ3v) is 10.4. The molecular weight excluding hydrogens is 732 g/mol. The number of carbonyl (C=O) groups is 3. The maximum atomic E-state index is 13.9. The molecule has 2 atom stereocenters. The van der Waals surface area contributed by atoms with E-state index in [9.17, 15) is 27.2 Å². The molecule has 1 aliphatic rings. The average molecular weight is 777 g/mol. The van der Waals surface area contributed by atoms with E-state index < -0.39 is 57.2 Å². The van der Waals surface area contributed by atoms with Gasteiger partial charge in [-0.05, 0) is 73.9 Å². The zero-order valence-electron chi connectivity index (χ0n) is 31.1. The summed E-state index contributed by atoms with van der Waals surface area (Å²) in [5, 5.41) is 2.47. The molecule has 0 spiro atoms. The molecule has 0 radical (unpaired) electrons. The number of hydrogen-bond acceptors (Lipinski definition) is 10. The van der Waals surface area contributed by atoms with Gasteiger partial charge in [-0.15, -0.1) is 0 Å². The molecule has 1 saturated heterocycles. The Morgan fingerprint density at radius 2 is 1.47 bits per heavy atom. The summed E-state index contributed by atoms with van der Waals surface area (Å²) in [6, 6.07) is 28.8. The van der Waals surface area contributed by atoms with Gasteiger partial charge in [0.25, 0.3) is 0 Å². The van der Waals surface area contributed by atoms with Gasteiger partial charge in [0.2, 0.25) is 16.3 Å². The number of halogens is 1. The van der Waals surface area contributed by atoms with E-state index in [-0.39, 0.29) is 37.6 Å². The molecule has 55 heavy (non-hydrogen) atoms. The minimum absolute atomic E-state index is 0.0202. The van der Waals surface area contributed by atoms with Gasteiger partial charge in [-0.2, -0.15) is 4.31 Å². The molecule has 0 saturated carbocycles. The Labute approximate surface area is 320 Å². The molecular formula is C41H45FN2O10S. The molecule has 4 aromatic carbocycles. The van der Waals surface area contributed by atoms with Crippen LogP contribution in [-0.4, -0.2) is 69.4 Å². The van der Waals surface area contributed by atoms with Crippen LogP contribution in [0.1, 0.15) is 44.4 Å². The standard InChI is InChI=1S/C41H45FN2O10S/c1-29(52-38(46)40(2,3)4)53-39(47)43-36(37(45)51-23-22-50-26-30-12-7-5-8-13-30)25-31-14-11-17-35(24-31)55(48,49)44-27-41(28-44,32-15-9-6-10-16-32)54-34-20-18-33(42)19-21-34/h5-21,24,29,36H,22-23,25-28H2,1-4H3,(H,43,47). The van der Waals surface area contributed by atoms with Gasteiger partial charge in [-0.1, -0.05) is 72.8 Å². The first-order valence-electron chi connectivity index (χ1n) is 17.7. The van der Waals surface area contributed by atoms with Gasteiger partial charge in [-0.25, -0.2) is 22.4 Å². The Hall–Kier alpha value is -5.31. The number of alkyl carbamates (subject to hydrolysis) is 1. The van der Waals surface area contributed by atoms with Crippen LogP contribution >= 0.6 is 0 Å². The second-order valence-electron chi connectivity index (χ2n) is 14.1. The summed E-state index contributed by atoms with van der Waals surface area (Å²) < 4.78 is 70.5. The predicted molar refractivity (Wildman–Crippen MR) is 200 cm³/mol. The molecule has 1 fully saturated rings. The van der Waals surface area contributed by atoms with Crippen molar-refractivity contribution in [2.45, 2.75) is 63.6 Å². The molecule has 0 bridgehead atoms. The van der Waals surface area contributed by atoms with E-state index in [4.69, 9.17) is 23.7 Å². The van der Waals surface area contributed by atoms with Crippen molar-refractivity contribution in [3.05, 3.63) is 132 Å². The average Bonchev–Trinajstić information content (AvgIpc) is 3.13. The summed E-state index contributed by atoms with van der Waals surface area (Å²) in [5.41, 5.74) is 0.228. The quantitative estimate of drug-likeness (QED) is 0.0801. The number of ether oxygens (including phenoxy) is 5. The lowest BCUT2D eigenvalue weighted by atomic mass is 9.87. The lowest BCUT2D eigenvalue weighted by molar-refractivity contribution is -0.174. The van der Waals surface area contributed by atoms with Crippen molar-refractivity contribution >= 4 is 28.1 Å². The number of nitrogens with one attached hydrogen (secondary N) is 1. The fourth-order valence-corrected chi connectivity index (χ4v) is 7.23. The molecule has 12 nitrogen and oxygen atoms in total. The second kappa shape index (κ2) is 17.9. The van der Waals surface area contributed by atoms with Crippen LogP contribution in [0.15, 0.2) is 114 Å². The van der Waals surface area contributed by atoms with E-state index in [0.29, 0.717) is 17.9 Å². The number of sulfonamides is 1. The Balaban J connectivity index is 1.28. The smallest absolute Gasteiger partial charge is 0.410 e. The molecule has 0 aromatic heterocycles. The van der Waals surface area contributed by atoms with Crippen molar-refractivity contribution in [2.75, 3.05) is 26.3 Å². The van der Waals surface area contributed by atoms with Crippen LogP contribution < -0.4 is 10.1 Å². The Bertz CT molecular complexity index is 2020. The van der Waals surface area contributed by atoms with Crippen molar-refractivity contribution in [3.63, 3.8) is 0 Å². The minimum atomic E-state index is -4.06. The molecule has 1 amide bonds. The molecule has 0 aliphatic carbocycles. The Kier molecular flexibility index (Phi) is 13.3. The highest BCUT2D eigenvalue weighted by atomic mass is 32.2. The monoisotopic (exact) mass is 776 g/mol. The number of amides is 1. The normalized spacial score (nSPS) is 15.1. The molecule has 2 unspecified atom stereocenters. The summed E-state index contributed by atoms with van der Waals surface area (Å²) in [6.45, 7) is 6.53. The summed E-state index contributed by atoms with van der Waals surface area (Å²) in [4.78, 5) is 38.5. The van der Waals surface area contributed by atoms with Crippen LogP contribution in [0.5, 0.6) is 5.75 Å². The van der Waals surface area contributed by atoms with E-state index in [1.54, 1.807) is 26.8 Å². The van der Waals surface area contributed by atoms with Gasteiger partial charge >= 0.3 is 18.0 Å². The van der Waals surface area contributed by atoms with Gasteiger partial charge < -0.3 is 29.0 Å². The first-order chi connectivity index (χ1) is 26.1. The van der Waals surface area contributed by atoms with Crippen LogP contribution in [0.25, 0.3) is 0 Å². The fourth-order valence-electron chi connectivity index (χ4n) is 5.63. The summed E-state index contributed by atoms with van der Waals surface area (Å²) in [6.07, 6.45) is -2.49. The number of esters is 2. The second-order valence-corrected chi connectivity index (χ2v) is 16.0. The predicted octanol–water partition coefficient (Wildman–Crippen LogP) is 6.14. The SMILES string of the molecule is CC(OC(=O)NC(Cc1cccc(S(=O)(=O)N2CC(Oc3ccc(F)cc3)(c3ccccc3)C2)c1)C(=O)OCCOCc1ccccc1)OC(=O)C(C)(C)C. The van der Waals surface area contributed by atoms with Crippen molar-refractivity contribution in [3.8, 4) is 5.75 Å². The summed E-state index contributed by atoms with van der Waals surface area (Å²) in [7, 11) is -4.06. The molecule has 1 heterocycles. The minimum Gasteiger partial charge on any atom is -0.480 e. The highest BCUT2D eigenvalue weighted by Crippen LogP contribution is 2.40. The van der Waals surface area contributed by atoms with E-state index in [1.807, 2.05) is 60.7 Å². The number of rotatable bonds is 16. The largest absolute Gasteiger partial charge is 0.480 e. The maximum Gasteiger partial charge on any atom is 0.410 e. The number of carbonyl (C=O) groups excluding carboxylic acids is 3. The van der Waals surface area contributed by atoms with E-state index >= 15 is 0 Å². The van der Waals surface area contributed by atoms with Crippen LogP contribution in [-0.2, 0) is 57.2 Å². The van der Waals surface area contributed by atoms with Crippen molar-refractivity contribution in [1.29, 1.82) is 0 Å². The summed E-state index contributed by atoms with van der Waals surface area (Å²) >= 11 is 0. The lowest BCUT2D eigenvalue weighted by Crippen LogP contribution is -2.64. The highest BCUT2D eigenvalue weighted by Gasteiger charge is 2.52. The Morgan fingerprint density at radius 1 is 0.836 bits per heavy atom. The van der Waals surface area contributed by atoms with Crippen LogP contribution in [0, 0.1) is 11.2 Å². The lowest BCUT2D eigenvalue weighted by Gasteiger charge is -2.48. The van der Waals surface area contributed by atoms with Crippen molar-refractivity contribution in [1.82, 2.24) is 9.62 Å². The van der Waals surface area contributed by atoms with Crippen LogP contribution in [0.2, 0.25) is 0 Å². The zero-order chi connectivity index (χ0) is 39.6. The topological polar surface area (TPSA) is 147 Å². The van der Waals surface area contributed by atoms with E-state index in [1.165, 1.54) is 53.7 Å². The highest BCUT2D eigenvalue weighted by molar-refractivity contribution is 7.89. The maximum absolute atomic E-state index is 13.9. The van der Waals surface area contributed by atoms with Crippen molar-refractivity contribution < 1.29 is 50.9 Å². The van der Waals surface area contributed by atoms with Gasteiger partial charge in [0.1, 0.15) is 24.2 Å².